The molecule has 0 fully saturated rings. The van der Waals surface area contributed by atoms with Crippen molar-refractivity contribution in [2.45, 2.75) is 20.0 Å². The van der Waals surface area contributed by atoms with Gasteiger partial charge in [-0.3, -0.25) is 14.5 Å². The van der Waals surface area contributed by atoms with E-state index in [2.05, 4.69) is 15.4 Å². The number of benzene rings is 2. The van der Waals surface area contributed by atoms with E-state index in [-0.39, 0.29) is 18.1 Å². The highest BCUT2D eigenvalue weighted by Crippen LogP contribution is 2.29. The number of urea groups is 1. The standard InChI is InChI=1S/C23H23FN6O2/c1-14-10-18(7-6-16(14)12-26-2)27-23(32)29-8-9-30-19(13-29)20(22(25)31)21(28-30)15-4-3-5-17(24)11-15/h3-7,10-12H,8-9,13H2,1-2H3,(H2,25,31)(H,27,32). The lowest BCUT2D eigenvalue weighted by Gasteiger charge is -2.28. The molecule has 1 aliphatic rings. The number of amides is 3. The zero-order valence-electron chi connectivity index (χ0n) is 17.8. The molecular weight excluding hydrogens is 411 g/mol. The minimum atomic E-state index is -0.670. The van der Waals surface area contributed by atoms with Crippen LogP contribution in [0.1, 0.15) is 27.2 Å². The van der Waals surface area contributed by atoms with E-state index in [1.807, 2.05) is 25.1 Å². The van der Waals surface area contributed by atoms with Gasteiger partial charge in [0.25, 0.3) is 5.91 Å². The first-order valence-electron chi connectivity index (χ1n) is 10.1. The molecule has 0 bridgehead atoms. The molecule has 0 saturated heterocycles. The Morgan fingerprint density at radius 2 is 2.03 bits per heavy atom. The molecule has 0 spiro atoms. The molecule has 1 aliphatic heterocycles. The van der Waals surface area contributed by atoms with Crippen LogP contribution in [-0.2, 0) is 13.1 Å². The van der Waals surface area contributed by atoms with Crippen molar-refractivity contribution >= 4 is 23.8 Å². The monoisotopic (exact) mass is 434 g/mol. The van der Waals surface area contributed by atoms with Gasteiger partial charge in [0.1, 0.15) is 11.5 Å². The molecule has 3 aromatic rings. The van der Waals surface area contributed by atoms with Crippen molar-refractivity contribution in [3.63, 3.8) is 0 Å². The van der Waals surface area contributed by atoms with Gasteiger partial charge >= 0.3 is 6.03 Å². The summed E-state index contributed by atoms with van der Waals surface area (Å²) in [5, 5.41) is 7.37. The van der Waals surface area contributed by atoms with Gasteiger partial charge in [0.05, 0.1) is 24.3 Å². The first-order chi connectivity index (χ1) is 15.4. The third-order valence-corrected chi connectivity index (χ3v) is 5.40. The quantitative estimate of drug-likeness (QED) is 0.616. The van der Waals surface area contributed by atoms with Crippen molar-refractivity contribution in [1.82, 2.24) is 14.7 Å². The van der Waals surface area contributed by atoms with E-state index in [1.165, 1.54) is 12.1 Å². The van der Waals surface area contributed by atoms with Crippen LogP contribution in [0.5, 0.6) is 0 Å². The Hall–Kier alpha value is -4.01. The van der Waals surface area contributed by atoms with E-state index in [0.29, 0.717) is 35.7 Å². The number of carbonyl (C=O) groups is 2. The van der Waals surface area contributed by atoms with E-state index in [1.54, 1.807) is 35.0 Å². The van der Waals surface area contributed by atoms with Crippen LogP contribution in [0.15, 0.2) is 47.5 Å². The van der Waals surface area contributed by atoms with Crippen molar-refractivity contribution in [2.24, 2.45) is 10.7 Å². The van der Waals surface area contributed by atoms with Gasteiger partial charge in [0.2, 0.25) is 0 Å². The van der Waals surface area contributed by atoms with Gasteiger partial charge in [-0.15, -0.1) is 0 Å². The molecule has 0 atom stereocenters. The molecule has 164 valence electrons. The maximum Gasteiger partial charge on any atom is 0.322 e. The average Bonchev–Trinajstić information content (AvgIpc) is 3.15. The number of fused-ring (bicyclic) bond motifs is 1. The number of aryl methyl sites for hydroxylation is 1. The summed E-state index contributed by atoms with van der Waals surface area (Å²) in [7, 11) is 1.70. The van der Waals surface area contributed by atoms with Crippen LogP contribution < -0.4 is 11.1 Å². The second-order valence-corrected chi connectivity index (χ2v) is 7.58. The van der Waals surface area contributed by atoms with E-state index < -0.39 is 11.7 Å². The van der Waals surface area contributed by atoms with Crippen molar-refractivity contribution in [3.05, 3.63) is 70.7 Å². The number of rotatable bonds is 4. The molecule has 0 aliphatic carbocycles. The fourth-order valence-corrected chi connectivity index (χ4v) is 3.83. The average molecular weight is 434 g/mol. The van der Waals surface area contributed by atoms with Crippen molar-refractivity contribution < 1.29 is 14.0 Å². The van der Waals surface area contributed by atoms with Gasteiger partial charge in [-0.05, 0) is 42.3 Å². The van der Waals surface area contributed by atoms with E-state index in [9.17, 15) is 14.0 Å². The number of hydrogen-bond acceptors (Lipinski definition) is 4. The van der Waals surface area contributed by atoms with Gasteiger partial charge in [-0.25, -0.2) is 9.18 Å². The summed E-state index contributed by atoms with van der Waals surface area (Å²) in [4.78, 5) is 30.8. The largest absolute Gasteiger partial charge is 0.365 e. The summed E-state index contributed by atoms with van der Waals surface area (Å²) >= 11 is 0. The molecule has 0 saturated carbocycles. The van der Waals surface area contributed by atoms with Crippen LogP contribution in [0.2, 0.25) is 0 Å². The second-order valence-electron chi connectivity index (χ2n) is 7.58. The zero-order valence-corrected chi connectivity index (χ0v) is 17.8. The fourth-order valence-electron chi connectivity index (χ4n) is 3.83. The van der Waals surface area contributed by atoms with Gasteiger partial charge in [-0.2, -0.15) is 5.10 Å². The Morgan fingerprint density at radius 1 is 1.22 bits per heavy atom. The predicted octanol–water partition coefficient (Wildman–Crippen LogP) is 3.19. The first-order valence-corrected chi connectivity index (χ1v) is 10.1. The van der Waals surface area contributed by atoms with Crippen LogP contribution in [-0.4, -0.2) is 46.4 Å². The lowest BCUT2D eigenvalue weighted by Crippen LogP contribution is -2.41. The molecule has 0 radical (unpaired) electrons. The molecule has 3 amide bonds. The lowest BCUT2D eigenvalue weighted by molar-refractivity contribution is 0.0997. The van der Waals surface area contributed by atoms with Crippen molar-refractivity contribution in [3.8, 4) is 11.3 Å². The van der Waals surface area contributed by atoms with Gasteiger partial charge in [0, 0.05) is 31.1 Å². The Bertz CT molecular complexity index is 1230. The van der Waals surface area contributed by atoms with Crippen LogP contribution >= 0.6 is 0 Å². The summed E-state index contributed by atoms with van der Waals surface area (Å²) in [5.74, 6) is -1.10. The minimum Gasteiger partial charge on any atom is -0.365 e. The SMILES string of the molecule is CN=Cc1ccc(NC(=O)N2CCn3nc(-c4cccc(F)c4)c(C(N)=O)c3C2)cc1C. The highest BCUT2D eigenvalue weighted by molar-refractivity contribution is 6.00. The summed E-state index contributed by atoms with van der Waals surface area (Å²) < 4.78 is 15.4. The fraction of sp³-hybridized carbons (Fsp3) is 0.217. The minimum absolute atomic E-state index is 0.159. The molecule has 9 heteroatoms. The van der Waals surface area contributed by atoms with Crippen LogP contribution in [0.4, 0.5) is 14.9 Å². The zero-order chi connectivity index (χ0) is 22.8. The van der Waals surface area contributed by atoms with Crippen LogP contribution in [0.25, 0.3) is 11.3 Å². The summed E-state index contributed by atoms with van der Waals surface area (Å²) in [5.41, 5.74) is 9.78. The van der Waals surface area contributed by atoms with E-state index in [0.717, 1.165) is 11.1 Å². The molecule has 1 aromatic heterocycles. The summed E-state index contributed by atoms with van der Waals surface area (Å²) in [6, 6.07) is 11.1. The Morgan fingerprint density at radius 3 is 2.72 bits per heavy atom. The highest BCUT2D eigenvalue weighted by Gasteiger charge is 2.29. The Labute approximate surface area is 184 Å². The molecule has 0 unspecified atom stereocenters. The van der Waals surface area contributed by atoms with E-state index >= 15 is 0 Å². The smallest absolute Gasteiger partial charge is 0.322 e. The molecule has 2 aromatic carbocycles. The number of carbonyl (C=O) groups excluding carboxylic acids is 2. The highest BCUT2D eigenvalue weighted by atomic mass is 19.1. The van der Waals surface area contributed by atoms with Gasteiger partial charge in [-0.1, -0.05) is 18.2 Å². The Balaban J connectivity index is 1.58. The third kappa shape index (κ3) is 4.09. The summed E-state index contributed by atoms with van der Waals surface area (Å²) in [6.45, 7) is 2.90. The molecule has 2 heterocycles. The van der Waals surface area contributed by atoms with Crippen molar-refractivity contribution in [2.75, 3.05) is 18.9 Å². The number of nitrogens with one attached hydrogen (secondary N) is 1. The maximum absolute atomic E-state index is 13.7. The first kappa shape index (κ1) is 21.2. The molecule has 8 nitrogen and oxygen atoms in total. The Kier molecular flexibility index (Phi) is 5.72. The van der Waals surface area contributed by atoms with Gasteiger partial charge < -0.3 is 16.0 Å². The molecular formula is C23H23FN6O2. The summed E-state index contributed by atoms with van der Waals surface area (Å²) in [6.07, 6.45) is 1.76. The van der Waals surface area contributed by atoms with Crippen molar-refractivity contribution in [1.29, 1.82) is 0 Å². The topological polar surface area (TPSA) is 106 Å². The normalized spacial score (nSPS) is 13.3. The number of hydrogen-bond donors (Lipinski definition) is 2. The number of aliphatic imine (C=N–C) groups is 1. The number of primary amides is 1. The molecule has 4 rings (SSSR count). The van der Waals surface area contributed by atoms with Gasteiger partial charge in [0.15, 0.2) is 0 Å². The third-order valence-electron chi connectivity index (χ3n) is 5.40. The lowest BCUT2D eigenvalue weighted by atomic mass is 10.0. The molecule has 3 N–H and O–H groups in total. The number of nitrogens with zero attached hydrogens (tertiary/aromatic N) is 4. The predicted molar refractivity (Wildman–Crippen MR) is 120 cm³/mol. The number of nitrogens with two attached hydrogens (primary N) is 1. The maximum atomic E-state index is 13.7. The number of aromatic nitrogens is 2. The second kappa shape index (κ2) is 8.62. The van der Waals surface area contributed by atoms with Crippen LogP contribution in [0, 0.1) is 12.7 Å². The van der Waals surface area contributed by atoms with Crippen LogP contribution in [0.3, 0.4) is 0 Å². The van der Waals surface area contributed by atoms with E-state index in [4.69, 9.17) is 5.73 Å². The molecule has 32 heavy (non-hydrogen) atoms. The number of anilines is 1. The number of halogens is 1.